The largest absolute Gasteiger partial charge is 0.466 e. The van der Waals surface area contributed by atoms with Gasteiger partial charge in [-0.3, -0.25) is 29.0 Å². The third-order valence-electron chi connectivity index (χ3n) is 9.66. The van der Waals surface area contributed by atoms with Gasteiger partial charge in [-0.1, -0.05) is 99.8 Å². The van der Waals surface area contributed by atoms with Gasteiger partial charge in [0.05, 0.1) is 29.9 Å². The Balaban J connectivity index is 1.35. The van der Waals surface area contributed by atoms with E-state index in [1.165, 1.54) is 38.9 Å². The summed E-state index contributed by atoms with van der Waals surface area (Å²) in [5.41, 5.74) is 5.15. The molecule has 11 heteroatoms. The third kappa shape index (κ3) is 7.94. The molecule has 5 rings (SSSR count). The van der Waals surface area contributed by atoms with Gasteiger partial charge in [-0.05, 0) is 67.9 Å². The van der Waals surface area contributed by atoms with Gasteiger partial charge in [0.1, 0.15) is 9.23 Å². The summed E-state index contributed by atoms with van der Waals surface area (Å²) in [6.07, 6.45) is 1.95. The molecule has 2 atom stereocenters. The summed E-state index contributed by atoms with van der Waals surface area (Å²) >= 11 is 8.06. The first-order chi connectivity index (χ1) is 23.2. The van der Waals surface area contributed by atoms with Crippen molar-refractivity contribution in [2.45, 2.75) is 90.9 Å². The number of benzene rings is 2. The lowest BCUT2D eigenvalue weighted by molar-refractivity contribution is -0.142. The van der Waals surface area contributed by atoms with E-state index in [1.54, 1.807) is 0 Å². The van der Waals surface area contributed by atoms with Crippen molar-refractivity contribution in [2.24, 2.45) is 5.92 Å². The van der Waals surface area contributed by atoms with E-state index in [1.807, 2.05) is 26.0 Å². The minimum atomic E-state index is -0.452. The van der Waals surface area contributed by atoms with E-state index in [9.17, 15) is 19.2 Å². The van der Waals surface area contributed by atoms with Crippen LogP contribution in [0.3, 0.4) is 0 Å². The smallest absolute Gasteiger partial charge is 0.307 e. The van der Waals surface area contributed by atoms with Gasteiger partial charge in [0.25, 0.3) is 5.91 Å². The summed E-state index contributed by atoms with van der Waals surface area (Å²) in [4.78, 5) is 58.9. The van der Waals surface area contributed by atoms with E-state index in [0.717, 1.165) is 28.8 Å². The summed E-state index contributed by atoms with van der Waals surface area (Å²) in [6.45, 7) is 15.8. The van der Waals surface area contributed by atoms with Crippen LogP contribution >= 0.6 is 35.7 Å². The molecule has 49 heavy (non-hydrogen) atoms. The molecule has 8 nitrogen and oxygen atoms in total. The predicted molar refractivity (Wildman–Crippen MR) is 203 cm³/mol. The summed E-state index contributed by atoms with van der Waals surface area (Å²) in [6, 6.07) is 14.6. The number of fused-ring (bicyclic) bond motifs is 1. The molecule has 2 saturated heterocycles. The highest BCUT2D eigenvalue weighted by atomic mass is 32.2. The average Bonchev–Trinajstić information content (AvgIpc) is 3.57. The molecule has 262 valence electrons. The molecular weight excluding hydrogens is 675 g/mol. The van der Waals surface area contributed by atoms with Crippen LogP contribution in [0.2, 0.25) is 0 Å². The maximum atomic E-state index is 14.0. The number of ether oxygens (including phenoxy) is 1. The lowest BCUT2D eigenvalue weighted by atomic mass is 9.80. The Morgan fingerprint density at radius 2 is 1.67 bits per heavy atom. The second-order valence-electron chi connectivity index (χ2n) is 13.9. The number of anilines is 1. The Hall–Kier alpha value is -3.15. The number of hydrogen-bond donors (Lipinski definition) is 0. The molecule has 0 radical (unpaired) electrons. The molecular formula is C38H47N3O5S3. The molecule has 0 saturated carbocycles. The molecule has 0 N–H and O–H groups in total. The normalized spacial score (nSPS) is 21.7. The van der Waals surface area contributed by atoms with Crippen molar-refractivity contribution in [3.8, 4) is 0 Å². The molecule has 2 unspecified atom stereocenters. The molecule has 2 aromatic carbocycles. The standard InChI is InChI=1S/C38H47N3O5S3/c1-8-39-35(45)33(49-37(39)47)36-41(34(44)31(48-36)21-26-12-10-25(11-13-26)18-23(3)4)22-28(42)19-27-14-15-30-29(20-27)38(6,7)24(5)40(30)17-16-32(43)46-9-2/h10-15,20,23-24,31H,8-9,16-19,21-22H2,1-7H3/b36-33+. The van der Waals surface area contributed by atoms with Crippen molar-refractivity contribution in [1.82, 2.24) is 9.80 Å². The van der Waals surface area contributed by atoms with E-state index in [0.29, 0.717) is 52.7 Å². The summed E-state index contributed by atoms with van der Waals surface area (Å²) in [5, 5.41) is 0.0704. The quantitative estimate of drug-likeness (QED) is 0.128. The number of thioether (sulfide) groups is 2. The van der Waals surface area contributed by atoms with Crippen molar-refractivity contribution in [1.29, 1.82) is 0 Å². The fourth-order valence-electron chi connectivity index (χ4n) is 6.78. The molecule has 2 amide bonds. The predicted octanol–water partition coefficient (Wildman–Crippen LogP) is 6.67. The number of ketones is 1. The van der Waals surface area contributed by atoms with E-state index in [4.69, 9.17) is 17.0 Å². The SMILES string of the molecule is CCOC(=O)CCN1c2ccc(CC(=O)CN3C(=O)C(Cc4ccc(CC(C)C)cc4)S/C3=C3/SC(=S)N(CC)C3=O)cc2C(C)(C)C1C. The first-order valence-corrected chi connectivity index (χ1v) is 19.3. The molecule has 3 aliphatic rings. The second kappa shape index (κ2) is 15.4. The van der Waals surface area contributed by atoms with Gasteiger partial charge in [0, 0.05) is 36.7 Å². The number of rotatable bonds is 13. The average molecular weight is 722 g/mol. The Kier molecular flexibility index (Phi) is 11.7. The number of carbonyl (C=O) groups excluding carboxylic acids is 4. The molecule has 2 fully saturated rings. The van der Waals surface area contributed by atoms with Crippen LogP contribution in [0.4, 0.5) is 5.69 Å². The van der Waals surface area contributed by atoms with Crippen LogP contribution in [-0.2, 0) is 48.6 Å². The number of amides is 2. The van der Waals surface area contributed by atoms with Crippen LogP contribution in [0.15, 0.2) is 52.4 Å². The zero-order chi connectivity index (χ0) is 35.6. The zero-order valence-electron chi connectivity index (χ0n) is 29.5. The summed E-state index contributed by atoms with van der Waals surface area (Å²) in [5.74, 6) is -0.151. The van der Waals surface area contributed by atoms with Crippen LogP contribution in [0.25, 0.3) is 0 Å². The zero-order valence-corrected chi connectivity index (χ0v) is 32.0. The fraction of sp³-hybridized carbons (Fsp3) is 0.500. The number of esters is 1. The highest BCUT2D eigenvalue weighted by Gasteiger charge is 2.45. The minimum Gasteiger partial charge on any atom is -0.466 e. The van der Waals surface area contributed by atoms with Crippen molar-refractivity contribution in [3.63, 3.8) is 0 Å². The summed E-state index contributed by atoms with van der Waals surface area (Å²) in [7, 11) is 0. The van der Waals surface area contributed by atoms with Crippen molar-refractivity contribution in [2.75, 3.05) is 31.1 Å². The van der Waals surface area contributed by atoms with Crippen molar-refractivity contribution in [3.05, 3.63) is 74.7 Å². The maximum Gasteiger partial charge on any atom is 0.307 e. The number of nitrogens with zero attached hydrogens (tertiary/aromatic N) is 3. The van der Waals surface area contributed by atoms with Gasteiger partial charge in [-0.15, -0.1) is 0 Å². The van der Waals surface area contributed by atoms with E-state index < -0.39 is 5.25 Å². The molecule has 0 spiro atoms. The lowest BCUT2D eigenvalue weighted by Gasteiger charge is -2.31. The van der Waals surface area contributed by atoms with Crippen LogP contribution in [0, 0.1) is 5.92 Å². The number of thiocarbonyl (C=S) groups is 1. The molecule has 0 bridgehead atoms. The van der Waals surface area contributed by atoms with Gasteiger partial charge in [0.15, 0.2) is 5.78 Å². The Bertz CT molecular complexity index is 1670. The van der Waals surface area contributed by atoms with Crippen LogP contribution in [0.5, 0.6) is 0 Å². The number of Topliss-reactive ketones (excluding diaryl/α,β-unsaturated/α-hetero) is 1. The Morgan fingerprint density at radius 3 is 2.31 bits per heavy atom. The van der Waals surface area contributed by atoms with Crippen LogP contribution in [0.1, 0.15) is 77.1 Å². The van der Waals surface area contributed by atoms with Crippen molar-refractivity contribution < 1.29 is 23.9 Å². The summed E-state index contributed by atoms with van der Waals surface area (Å²) < 4.78 is 5.61. The van der Waals surface area contributed by atoms with Crippen LogP contribution < -0.4 is 4.90 Å². The van der Waals surface area contributed by atoms with Crippen molar-refractivity contribution >= 4 is 69.3 Å². The molecule has 0 aromatic heterocycles. The third-order valence-corrected chi connectivity index (χ3v) is 12.5. The number of likely N-dealkylation sites (N-methyl/N-ethyl adjacent to an activating group) is 1. The second-order valence-corrected chi connectivity index (χ2v) is 16.7. The van der Waals surface area contributed by atoms with Gasteiger partial charge in [-0.25, -0.2) is 0 Å². The number of hydrogen-bond acceptors (Lipinski definition) is 9. The highest BCUT2D eigenvalue weighted by Crippen LogP contribution is 2.47. The Morgan fingerprint density at radius 1 is 1.00 bits per heavy atom. The maximum absolute atomic E-state index is 14.0. The number of carbonyl (C=O) groups is 4. The molecule has 3 heterocycles. The monoisotopic (exact) mass is 721 g/mol. The molecule has 2 aromatic rings. The topological polar surface area (TPSA) is 87.2 Å². The minimum absolute atomic E-state index is 0.112. The van der Waals surface area contributed by atoms with Gasteiger partial charge in [0.2, 0.25) is 5.91 Å². The van der Waals surface area contributed by atoms with Gasteiger partial charge < -0.3 is 9.64 Å². The van der Waals surface area contributed by atoms with Gasteiger partial charge >= 0.3 is 5.97 Å². The molecule has 0 aliphatic carbocycles. The van der Waals surface area contributed by atoms with E-state index >= 15 is 0 Å². The molecule has 3 aliphatic heterocycles. The Labute approximate surface area is 304 Å². The first-order valence-electron chi connectivity index (χ1n) is 17.2. The lowest BCUT2D eigenvalue weighted by Crippen LogP contribution is -2.40. The van der Waals surface area contributed by atoms with Gasteiger partial charge in [-0.2, -0.15) is 0 Å². The van der Waals surface area contributed by atoms with E-state index in [2.05, 4.69) is 69.9 Å². The highest BCUT2D eigenvalue weighted by molar-refractivity contribution is 8.27. The van der Waals surface area contributed by atoms with E-state index in [-0.39, 0.29) is 48.0 Å². The first kappa shape index (κ1) is 37.1. The van der Waals surface area contributed by atoms with Crippen LogP contribution in [-0.4, -0.2) is 75.2 Å². The fourth-order valence-corrected chi connectivity index (χ4v) is 9.65.